The highest BCUT2D eigenvalue weighted by Gasteiger charge is 2.09. The fourth-order valence-electron chi connectivity index (χ4n) is 1.44. The number of rotatable bonds is 6. The van der Waals surface area contributed by atoms with Gasteiger partial charge in [-0.2, -0.15) is 0 Å². The Morgan fingerprint density at radius 1 is 1.47 bits per heavy atom. The lowest BCUT2D eigenvalue weighted by molar-refractivity contribution is 0.0697. The van der Waals surface area contributed by atoms with Crippen LogP contribution in [0, 0.1) is 5.92 Å². The summed E-state index contributed by atoms with van der Waals surface area (Å²) in [5.41, 5.74) is 0.0983. The van der Waals surface area contributed by atoms with Gasteiger partial charge in [-0.1, -0.05) is 25.4 Å². The van der Waals surface area contributed by atoms with Crippen LogP contribution in [0.1, 0.15) is 37.0 Å². The summed E-state index contributed by atoms with van der Waals surface area (Å²) >= 11 is 5.83. The molecule has 0 amide bonds. The topological polar surface area (TPSA) is 46.5 Å². The highest BCUT2D eigenvalue weighted by atomic mass is 35.5. The van der Waals surface area contributed by atoms with Gasteiger partial charge in [0.05, 0.1) is 17.2 Å². The Morgan fingerprint density at radius 2 is 2.18 bits per heavy atom. The SMILES string of the molecule is CC(C)CCCOc1ccc(C(=O)O)c(Cl)c1. The minimum absolute atomic E-state index is 0.0983. The van der Waals surface area contributed by atoms with E-state index in [9.17, 15) is 4.79 Å². The third-order valence-corrected chi connectivity index (χ3v) is 2.68. The quantitative estimate of drug-likeness (QED) is 0.787. The van der Waals surface area contributed by atoms with Crippen molar-refractivity contribution >= 4 is 17.6 Å². The maximum atomic E-state index is 10.7. The number of aromatic carboxylic acids is 1. The van der Waals surface area contributed by atoms with Crippen LogP contribution < -0.4 is 4.74 Å². The summed E-state index contributed by atoms with van der Waals surface area (Å²) in [6.45, 7) is 4.96. The van der Waals surface area contributed by atoms with Crippen LogP contribution in [0.3, 0.4) is 0 Å². The molecular weight excluding hydrogens is 240 g/mol. The van der Waals surface area contributed by atoms with Crippen molar-refractivity contribution in [3.8, 4) is 5.75 Å². The molecule has 0 saturated heterocycles. The van der Waals surface area contributed by atoms with Crippen molar-refractivity contribution < 1.29 is 14.6 Å². The molecule has 0 atom stereocenters. The van der Waals surface area contributed by atoms with Gasteiger partial charge >= 0.3 is 5.97 Å². The maximum absolute atomic E-state index is 10.7. The maximum Gasteiger partial charge on any atom is 0.337 e. The molecule has 0 radical (unpaired) electrons. The second-order valence-corrected chi connectivity index (χ2v) is 4.74. The highest BCUT2D eigenvalue weighted by molar-refractivity contribution is 6.33. The number of benzene rings is 1. The van der Waals surface area contributed by atoms with Gasteiger partial charge in [-0.05, 0) is 37.0 Å². The molecule has 1 rings (SSSR count). The van der Waals surface area contributed by atoms with E-state index in [0.717, 1.165) is 12.8 Å². The lowest BCUT2D eigenvalue weighted by Gasteiger charge is -2.08. The third kappa shape index (κ3) is 4.65. The molecule has 0 unspecified atom stereocenters. The van der Waals surface area contributed by atoms with Crippen LogP contribution in [0.4, 0.5) is 0 Å². The van der Waals surface area contributed by atoms with E-state index in [1.165, 1.54) is 6.07 Å². The Kier molecular flexibility index (Phi) is 5.29. The van der Waals surface area contributed by atoms with Crippen molar-refractivity contribution in [1.29, 1.82) is 0 Å². The number of ether oxygens (including phenoxy) is 1. The molecule has 0 aromatic heterocycles. The standard InChI is InChI=1S/C13H17ClO3/c1-9(2)4-3-7-17-10-5-6-11(13(15)16)12(14)8-10/h5-6,8-9H,3-4,7H2,1-2H3,(H,15,16). The van der Waals surface area contributed by atoms with E-state index in [0.29, 0.717) is 18.3 Å². The van der Waals surface area contributed by atoms with Gasteiger partial charge in [-0.25, -0.2) is 4.79 Å². The first kappa shape index (κ1) is 13.8. The summed E-state index contributed by atoms with van der Waals surface area (Å²) < 4.78 is 5.49. The first-order chi connectivity index (χ1) is 8.00. The van der Waals surface area contributed by atoms with Crippen molar-refractivity contribution in [2.45, 2.75) is 26.7 Å². The van der Waals surface area contributed by atoms with Crippen molar-refractivity contribution in [2.24, 2.45) is 5.92 Å². The van der Waals surface area contributed by atoms with Crippen molar-refractivity contribution in [1.82, 2.24) is 0 Å². The van der Waals surface area contributed by atoms with E-state index in [1.807, 2.05) is 0 Å². The Hall–Kier alpha value is -1.22. The summed E-state index contributed by atoms with van der Waals surface area (Å²) in [5, 5.41) is 9.01. The molecule has 0 bridgehead atoms. The number of hydrogen-bond acceptors (Lipinski definition) is 2. The zero-order chi connectivity index (χ0) is 12.8. The summed E-state index contributed by atoms with van der Waals surface area (Å²) in [6.07, 6.45) is 2.09. The normalized spacial score (nSPS) is 10.6. The number of carbonyl (C=O) groups is 1. The lowest BCUT2D eigenvalue weighted by Crippen LogP contribution is -2.01. The van der Waals surface area contributed by atoms with Gasteiger partial charge in [0, 0.05) is 0 Å². The van der Waals surface area contributed by atoms with Crippen LogP contribution in [-0.4, -0.2) is 17.7 Å². The van der Waals surface area contributed by atoms with Gasteiger partial charge in [0.2, 0.25) is 0 Å². The number of carboxylic acids is 1. The Bertz CT molecular complexity index is 388. The van der Waals surface area contributed by atoms with Gasteiger partial charge < -0.3 is 9.84 Å². The lowest BCUT2D eigenvalue weighted by atomic mass is 10.1. The molecule has 1 N–H and O–H groups in total. The van der Waals surface area contributed by atoms with Gasteiger partial charge in [0.15, 0.2) is 0 Å². The third-order valence-electron chi connectivity index (χ3n) is 2.37. The Morgan fingerprint density at radius 3 is 2.71 bits per heavy atom. The van der Waals surface area contributed by atoms with Crippen LogP contribution in [0.5, 0.6) is 5.75 Å². The number of carboxylic acid groups (broad SMARTS) is 1. The van der Waals surface area contributed by atoms with Crippen molar-refractivity contribution in [3.63, 3.8) is 0 Å². The average molecular weight is 257 g/mol. The summed E-state index contributed by atoms with van der Waals surface area (Å²) in [4.78, 5) is 10.7. The average Bonchev–Trinajstić information content (AvgIpc) is 2.23. The Balaban J connectivity index is 2.50. The predicted octanol–water partition coefficient (Wildman–Crippen LogP) is 3.85. The van der Waals surface area contributed by atoms with Gasteiger partial charge in [-0.15, -0.1) is 0 Å². The molecule has 0 fully saturated rings. The molecular formula is C13H17ClO3. The zero-order valence-electron chi connectivity index (χ0n) is 10.1. The largest absolute Gasteiger partial charge is 0.494 e. The van der Waals surface area contributed by atoms with Gasteiger partial charge in [-0.3, -0.25) is 0 Å². The molecule has 0 saturated carbocycles. The smallest absolute Gasteiger partial charge is 0.337 e. The number of hydrogen-bond donors (Lipinski definition) is 1. The number of halogens is 1. The van der Waals surface area contributed by atoms with E-state index < -0.39 is 5.97 Å². The minimum atomic E-state index is -1.03. The molecule has 4 heteroatoms. The summed E-state index contributed by atoms with van der Waals surface area (Å²) in [6, 6.07) is 4.63. The molecule has 0 heterocycles. The summed E-state index contributed by atoms with van der Waals surface area (Å²) in [7, 11) is 0. The molecule has 1 aromatic carbocycles. The Labute approximate surface area is 106 Å². The molecule has 1 aromatic rings. The van der Waals surface area contributed by atoms with Gasteiger partial charge in [0.1, 0.15) is 5.75 Å². The first-order valence-corrected chi connectivity index (χ1v) is 6.04. The minimum Gasteiger partial charge on any atom is -0.494 e. The van der Waals surface area contributed by atoms with Crippen LogP contribution >= 0.6 is 11.6 Å². The van der Waals surface area contributed by atoms with Crippen LogP contribution in [0.25, 0.3) is 0 Å². The van der Waals surface area contributed by atoms with Crippen molar-refractivity contribution in [2.75, 3.05) is 6.61 Å². The molecule has 17 heavy (non-hydrogen) atoms. The zero-order valence-corrected chi connectivity index (χ0v) is 10.8. The first-order valence-electron chi connectivity index (χ1n) is 5.66. The molecule has 0 aliphatic carbocycles. The monoisotopic (exact) mass is 256 g/mol. The molecule has 0 aliphatic rings. The van der Waals surface area contributed by atoms with Gasteiger partial charge in [0.25, 0.3) is 0 Å². The van der Waals surface area contributed by atoms with E-state index >= 15 is 0 Å². The molecule has 0 spiro atoms. The van der Waals surface area contributed by atoms with Crippen molar-refractivity contribution in [3.05, 3.63) is 28.8 Å². The highest BCUT2D eigenvalue weighted by Crippen LogP contribution is 2.22. The second-order valence-electron chi connectivity index (χ2n) is 4.33. The van der Waals surface area contributed by atoms with E-state index in [2.05, 4.69) is 13.8 Å². The van der Waals surface area contributed by atoms with Crippen LogP contribution in [0.15, 0.2) is 18.2 Å². The summed E-state index contributed by atoms with van der Waals surface area (Å²) in [5.74, 6) is 0.252. The van der Waals surface area contributed by atoms with E-state index in [4.69, 9.17) is 21.4 Å². The molecule has 94 valence electrons. The molecule has 0 aliphatic heterocycles. The second kappa shape index (κ2) is 6.50. The van der Waals surface area contributed by atoms with E-state index in [1.54, 1.807) is 12.1 Å². The molecule has 3 nitrogen and oxygen atoms in total. The van der Waals surface area contributed by atoms with Crippen LogP contribution in [-0.2, 0) is 0 Å². The van der Waals surface area contributed by atoms with E-state index in [-0.39, 0.29) is 10.6 Å². The van der Waals surface area contributed by atoms with Crippen LogP contribution in [0.2, 0.25) is 5.02 Å². The fraction of sp³-hybridized carbons (Fsp3) is 0.462. The fourth-order valence-corrected chi connectivity index (χ4v) is 1.69. The predicted molar refractivity (Wildman–Crippen MR) is 68.0 cm³/mol.